The lowest BCUT2D eigenvalue weighted by Crippen LogP contribution is -2.34. The quantitative estimate of drug-likeness (QED) is 0.734. The molecule has 1 saturated heterocycles. The zero-order valence-corrected chi connectivity index (χ0v) is 15.5. The highest BCUT2D eigenvalue weighted by molar-refractivity contribution is 5.94. The largest absolute Gasteiger partial charge is 0.357 e. The number of nitrogens with zero attached hydrogens (tertiary/aromatic N) is 3. The summed E-state index contributed by atoms with van der Waals surface area (Å²) in [6, 6.07) is 3.70. The van der Waals surface area contributed by atoms with E-state index in [2.05, 4.69) is 29.0 Å². The van der Waals surface area contributed by atoms with E-state index < -0.39 is 0 Å². The molecule has 0 unspecified atom stereocenters. The standard InChI is InChI=1S/C19H30N4O2/c1-3-22(4-2)17-11-10-16(15-21-17)19(25)20-12-8-14-23-13-7-5-6-9-18(23)24/h10-11,15H,3-9,12-14H2,1-2H3,(H,20,25). The second kappa shape index (κ2) is 10.0. The lowest BCUT2D eigenvalue weighted by atomic mass is 10.2. The van der Waals surface area contributed by atoms with Crippen LogP contribution in [0.3, 0.4) is 0 Å². The van der Waals surface area contributed by atoms with Crippen LogP contribution in [0.15, 0.2) is 18.3 Å². The molecular formula is C19H30N4O2. The van der Waals surface area contributed by atoms with E-state index in [0.29, 0.717) is 18.5 Å². The van der Waals surface area contributed by atoms with E-state index >= 15 is 0 Å². The fourth-order valence-electron chi connectivity index (χ4n) is 3.10. The Labute approximate surface area is 150 Å². The Kier molecular flexibility index (Phi) is 7.70. The first kappa shape index (κ1) is 19.2. The molecule has 6 nitrogen and oxygen atoms in total. The van der Waals surface area contributed by atoms with E-state index in [1.54, 1.807) is 6.20 Å². The molecular weight excluding hydrogens is 316 g/mol. The number of carbonyl (C=O) groups is 2. The van der Waals surface area contributed by atoms with Crippen molar-refractivity contribution in [2.75, 3.05) is 37.6 Å². The van der Waals surface area contributed by atoms with Gasteiger partial charge in [-0.05, 0) is 45.2 Å². The minimum atomic E-state index is -0.110. The molecule has 0 spiro atoms. The number of hydrogen-bond acceptors (Lipinski definition) is 4. The van der Waals surface area contributed by atoms with Crippen LogP contribution in [-0.2, 0) is 4.79 Å². The fourth-order valence-corrected chi connectivity index (χ4v) is 3.10. The minimum Gasteiger partial charge on any atom is -0.357 e. The number of likely N-dealkylation sites (tertiary alicyclic amines) is 1. The van der Waals surface area contributed by atoms with Crippen LogP contribution in [0.1, 0.15) is 56.3 Å². The number of rotatable bonds is 8. The number of anilines is 1. The maximum atomic E-state index is 12.2. The molecule has 1 aliphatic heterocycles. The van der Waals surface area contributed by atoms with Crippen LogP contribution in [0, 0.1) is 0 Å². The number of hydrogen-bond donors (Lipinski definition) is 1. The van der Waals surface area contributed by atoms with E-state index in [1.165, 1.54) is 0 Å². The van der Waals surface area contributed by atoms with Crippen molar-refractivity contribution in [3.05, 3.63) is 23.9 Å². The monoisotopic (exact) mass is 346 g/mol. The van der Waals surface area contributed by atoms with Gasteiger partial charge in [0.2, 0.25) is 5.91 Å². The van der Waals surface area contributed by atoms with Gasteiger partial charge in [0.15, 0.2) is 0 Å². The first-order valence-electron chi connectivity index (χ1n) is 9.42. The van der Waals surface area contributed by atoms with Crippen LogP contribution >= 0.6 is 0 Å². The van der Waals surface area contributed by atoms with Gasteiger partial charge in [-0.25, -0.2) is 4.98 Å². The fraction of sp³-hybridized carbons (Fsp3) is 0.632. The van der Waals surface area contributed by atoms with Gasteiger partial charge in [-0.1, -0.05) is 6.42 Å². The minimum absolute atomic E-state index is 0.110. The van der Waals surface area contributed by atoms with E-state index in [-0.39, 0.29) is 11.8 Å². The molecule has 1 fully saturated rings. The normalized spacial score (nSPS) is 15.0. The molecule has 0 bridgehead atoms. The van der Waals surface area contributed by atoms with Crippen molar-refractivity contribution >= 4 is 17.6 Å². The maximum Gasteiger partial charge on any atom is 0.252 e. The molecule has 2 amide bonds. The smallest absolute Gasteiger partial charge is 0.252 e. The summed E-state index contributed by atoms with van der Waals surface area (Å²) in [5.74, 6) is 1.03. The zero-order chi connectivity index (χ0) is 18.1. The number of nitrogens with one attached hydrogen (secondary N) is 1. The summed E-state index contributed by atoms with van der Waals surface area (Å²) in [4.78, 5) is 32.6. The molecule has 1 N–H and O–H groups in total. The Bertz CT molecular complexity index is 555. The van der Waals surface area contributed by atoms with Crippen LogP contribution in [-0.4, -0.2) is 54.4 Å². The van der Waals surface area contributed by atoms with Gasteiger partial charge in [0, 0.05) is 45.3 Å². The molecule has 0 saturated carbocycles. The summed E-state index contributed by atoms with van der Waals surface area (Å²) in [7, 11) is 0. The molecule has 2 heterocycles. The number of aromatic nitrogens is 1. The summed E-state index contributed by atoms with van der Waals surface area (Å²) in [6.07, 6.45) is 6.29. The lowest BCUT2D eigenvalue weighted by Gasteiger charge is -2.20. The van der Waals surface area contributed by atoms with E-state index in [4.69, 9.17) is 0 Å². The van der Waals surface area contributed by atoms with Gasteiger partial charge in [-0.3, -0.25) is 9.59 Å². The molecule has 138 valence electrons. The summed E-state index contributed by atoms with van der Waals surface area (Å²) >= 11 is 0. The number of pyridine rings is 1. The van der Waals surface area contributed by atoms with Crippen LogP contribution in [0.4, 0.5) is 5.82 Å². The van der Waals surface area contributed by atoms with Gasteiger partial charge < -0.3 is 15.1 Å². The predicted molar refractivity (Wildman–Crippen MR) is 99.8 cm³/mol. The van der Waals surface area contributed by atoms with E-state index in [0.717, 1.165) is 57.7 Å². The van der Waals surface area contributed by atoms with Crippen molar-refractivity contribution in [2.24, 2.45) is 0 Å². The Morgan fingerprint density at radius 3 is 2.72 bits per heavy atom. The third-order valence-corrected chi connectivity index (χ3v) is 4.66. The highest BCUT2D eigenvalue weighted by Gasteiger charge is 2.16. The van der Waals surface area contributed by atoms with Crippen molar-refractivity contribution in [1.29, 1.82) is 0 Å². The second-order valence-corrected chi connectivity index (χ2v) is 6.38. The first-order chi connectivity index (χ1) is 12.2. The predicted octanol–water partition coefficient (Wildman–Crippen LogP) is 2.45. The Balaban J connectivity index is 1.75. The Hall–Kier alpha value is -2.11. The van der Waals surface area contributed by atoms with Crippen molar-refractivity contribution in [3.63, 3.8) is 0 Å². The van der Waals surface area contributed by atoms with Gasteiger partial charge in [0.1, 0.15) is 5.82 Å². The maximum absolute atomic E-state index is 12.2. The Morgan fingerprint density at radius 1 is 1.24 bits per heavy atom. The van der Waals surface area contributed by atoms with Gasteiger partial charge in [-0.2, -0.15) is 0 Å². The van der Waals surface area contributed by atoms with Gasteiger partial charge in [0.05, 0.1) is 5.56 Å². The summed E-state index contributed by atoms with van der Waals surface area (Å²) in [6.45, 7) is 8.10. The van der Waals surface area contributed by atoms with E-state index in [1.807, 2.05) is 17.0 Å². The lowest BCUT2D eigenvalue weighted by molar-refractivity contribution is -0.130. The van der Waals surface area contributed by atoms with Gasteiger partial charge in [-0.15, -0.1) is 0 Å². The average Bonchev–Trinajstić information content (AvgIpc) is 2.84. The summed E-state index contributed by atoms with van der Waals surface area (Å²) in [5, 5.41) is 2.92. The third kappa shape index (κ3) is 5.73. The van der Waals surface area contributed by atoms with Crippen LogP contribution < -0.4 is 10.2 Å². The van der Waals surface area contributed by atoms with Gasteiger partial charge in [0.25, 0.3) is 5.91 Å². The van der Waals surface area contributed by atoms with Crippen LogP contribution in [0.25, 0.3) is 0 Å². The van der Waals surface area contributed by atoms with Crippen LogP contribution in [0.2, 0.25) is 0 Å². The molecule has 6 heteroatoms. The molecule has 0 aromatic carbocycles. The molecule has 2 rings (SSSR count). The first-order valence-corrected chi connectivity index (χ1v) is 9.42. The van der Waals surface area contributed by atoms with Crippen molar-refractivity contribution in [1.82, 2.24) is 15.2 Å². The Morgan fingerprint density at radius 2 is 2.04 bits per heavy atom. The molecule has 25 heavy (non-hydrogen) atoms. The summed E-state index contributed by atoms with van der Waals surface area (Å²) < 4.78 is 0. The highest BCUT2D eigenvalue weighted by atomic mass is 16.2. The summed E-state index contributed by atoms with van der Waals surface area (Å²) in [5.41, 5.74) is 0.571. The number of carbonyl (C=O) groups excluding carboxylic acids is 2. The third-order valence-electron chi connectivity index (χ3n) is 4.66. The van der Waals surface area contributed by atoms with Crippen molar-refractivity contribution in [2.45, 2.75) is 46.0 Å². The average molecular weight is 346 g/mol. The SMILES string of the molecule is CCN(CC)c1ccc(C(=O)NCCCN2CCCCCC2=O)cn1. The van der Waals surface area contributed by atoms with Crippen molar-refractivity contribution < 1.29 is 9.59 Å². The molecule has 1 aromatic rings. The highest BCUT2D eigenvalue weighted by Crippen LogP contribution is 2.12. The van der Waals surface area contributed by atoms with Gasteiger partial charge >= 0.3 is 0 Å². The second-order valence-electron chi connectivity index (χ2n) is 6.38. The van der Waals surface area contributed by atoms with Crippen LogP contribution in [0.5, 0.6) is 0 Å². The molecule has 0 atom stereocenters. The molecule has 1 aliphatic rings. The topological polar surface area (TPSA) is 65.5 Å². The molecule has 0 aliphatic carbocycles. The molecule has 0 radical (unpaired) electrons. The molecule has 1 aromatic heterocycles. The zero-order valence-electron chi connectivity index (χ0n) is 15.5. The van der Waals surface area contributed by atoms with E-state index in [9.17, 15) is 9.59 Å². The number of amides is 2. The van der Waals surface area contributed by atoms with Crippen molar-refractivity contribution in [3.8, 4) is 0 Å².